The molecule has 4 aromatic rings. The van der Waals surface area contributed by atoms with Gasteiger partial charge in [0.2, 0.25) is 0 Å². The fourth-order valence-corrected chi connectivity index (χ4v) is 3.05. The Morgan fingerprint density at radius 1 is 0.964 bits per heavy atom. The number of H-pyrrole nitrogens is 1. The molecule has 2 heterocycles. The molecular weight excluding hydrogens is 369 g/mol. The maximum absolute atomic E-state index is 13.3. The quantitative estimate of drug-likeness (QED) is 0.453. The summed E-state index contributed by atoms with van der Waals surface area (Å²) >= 11 is 0. The highest BCUT2D eigenvalue weighted by Gasteiger charge is 2.35. The van der Waals surface area contributed by atoms with Crippen LogP contribution in [0.1, 0.15) is 11.3 Å². The third kappa shape index (κ3) is 3.26. The molecule has 28 heavy (non-hydrogen) atoms. The summed E-state index contributed by atoms with van der Waals surface area (Å²) in [6.07, 6.45) is -4.62. The van der Waals surface area contributed by atoms with Crippen LogP contribution < -0.4 is 0 Å². The van der Waals surface area contributed by atoms with E-state index in [4.69, 9.17) is 4.42 Å². The second kappa shape index (κ2) is 6.60. The minimum Gasteiger partial charge on any atom is -0.508 e. The van der Waals surface area contributed by atoms with Crippen molar-refractivity contribution < 1.29 is 22.7 Å². The molecule has 0 spiro atoms. The lowest BCUT2D eigenvalue weighted by Crippen LogP contribution is -2.06. The van der Waals surface area contributed by atoms with Gasteiger partial charge in [-0.05, 0) is 37.3 Å². The summed E-state index contributed by atoms with van der Waals surface area (Å²) in [6, 6.07) is 15.6. The number of halogens is 3. The highest BCUT2D eigenvalue weighted by atomic mass is 19.4. The molecule has 0 fully saturated rings. The number of imidazole rings is 1. The van der Waals surface area contributed by atoms with E-state index in [0.29, 0.717) is 17.7 Å². The van der Waals surface area contributed by atoms with Crippen molar-refractivity contribution in [2.75, 3.05) is 0 Å². The number of phenolic OH excluding ortho intramolecular Hbond substituents is 1. The average Bonchev–Trinajstić information content (AvgIpc) is 3.28. The second-order valence-corrected chi connectivity index (χ2v) is 6.32. The van der Waals surface area contributed by atoms with Crippen LogP contribution in [0.4, 0.5) is 13.2 Å². The molecule has 0 radical (unpaired) electrons. The van der Waals surface area contributed by atoms with Crippen LogP contribution in [0.15, 0.2) is 65.1 Å². The highest BCUT2D eigenvalue weighted by molar-refractivity contribution is 5.69. The van der Waals surface area contributed by atoms with E-state index in [2.05, 4.69) is 9.97 Å². The SMILES string of the molecule is Cc1[nH]c(-c2ccc(-c3ccc(O)cc3C(F)(F)F)o2)nc1-c1ccccc1. The molecule has 142 valence electrons. The Hall–Kier alpha value is -3.48. The minimum absolute atomic E-state index is 0.0395. The number of aryl methyl sites for hydroxylation is 1. The molecule has 4 rings (SSSR count). The van der Waals surface area contributed by atoms with Gasteiger partial charge in [-0.2, -0.15) is 13.2 Å². The van der Waals surface area contributed by atoms with E-state index in [0.717, 1.165) is 17.0 Å². The first kappa shape index (κ1) is 17.9. The summed E-state index contributed by atoms with van der Waals surface area (Å²) in [4.78, 5) is 7.64. The van der Waals surface area contributed by atoms with Gasteiger partial charge in [0, 0.05) is 16.8 Å². The molecule has 4 nitrogen and oxygen atoms in total. The van der Waals surface area contributed by atoms with Crippen LogP contribution in [0.2, 0.25) is 0 Å². The Bertz CT molecular complexity index is 1130. The number of nitrogens with zero attached hydrogens (tertiary/aromatic N) is 1. The zero-order valence-corrected chi connectivity index (χ0v) is 14.7. The third-order valence-corrected chi connectivity index (χ3v) is 4.35. The number of aromatic nitrogens is 2. The fourth-order valence-electron chi connectivity index (χ4n) is 3.05. The van der Waals surface area contributed by atoms with Crippen LogP contribution in [-0.4, -0.2) is 15.1 Å². The van der Waals surface area contributed by atoms with Crippen molar-refractivity contribution in [3.63, 3.8) is 0 Å². The molecule has 2 aromatic heterocycles. The monoisotopic (exact) mass is 384 g/mol. The lowest BCUT2D eigenvalue weighted by molar-refractivity contribution is -0.137. The molecule has 0 saturated heterocycles. The topological polar surface area (TPSA) is 62.0 Å². The Kier molecular flexibility index (Phi) is 4.22. The van der Waals surface area contributed by atoms with Gasteiger partial charge in [0.05, 0.1) is 11.3 Å². The standard InChI is InChI=1S/C21H15F3N2O2/c1-12-19(13-5-3-2-4-6-13)26-20(25-12)18-10-9-17(28-18)15-8-7-14(27)11-16(15)21(22,23)24/h2-11,27H,1H3,(H,25,26). The van der Waals surface area contributed by atoms with Crippen molar-refractivity contribution in [1.29, 1.82) is 0 Å². The average molecular weight is 384 g/mol. The van der Waals surface area contributed by atoms with E-state index >= 15 is 0 Å². The lowest BCUT2D eigenvalue weighted by atomic mass is 10.0. The number of phenols is 1. The first-order valence-electron chi connectivity index (χ1n) is 8.46. The predicted molar refractivity (Wildman–Crippen MR) is 98.6 cm³/mol. The number of hydrogen-bond acceptors (Lipinski definition) is 3. The molecule has 2 aromatic carbocycles. The molecule has 2 N–H and O–H groups in total. The van der Waals surface area contributed by atoms with Gasteiger partial charge in [-0.15, -0.1) is 0 Å². The van der Waals surface area contributed by atoms with Gasteiger partial charge in [0.25, 0.3) is 0 Å². The minimum atomic E-state index is -4.62. The number of rotatable bonds is 3. The van der Waals surface area contributed by atoms with Gasteiger partial charge in [-0.3, -0.25) is 0 Å². The summed E-state index contributed by atoms with van der Waals surface area (Å²) in [6.45, 7) is 1.87. The summed E-state index contributed by atoms with van der Waals surface area (Å²) in [5.41, 5.74) is 1.37. The van der Waals surface area contributed by atoms with Crippen LogP contribution in [0.5, 0.6) is 5.75 Å². The Labute approximate surface area is 158 Å². The zero-order chi connectivity index (χ0) is 19.9. The second-order valence-electron chi connectivity index (χ2n) is 6.32. The van der Waals surface area contributed by atoms with Crippen molar-refractivity contribution in [3.05, 3.63) is 71.9 Å². The number of furan rings is 1. The molecule has 0 unspecified atom stereocenters. The Morgan fingerprint density at radius 3 is 2.39 bits per heavy atom. The van der Waals surface area contributed by atoms with Crippen LogP contribution in [0.3, 0.4) is 0 Å². The molecule has 0 aliphatic heterocycles. The molecule has 0 aliphatic carbocycles. The van der Waals surface area contributed by atoms with Gasteiger partial charge in [-0.1, -0.05) is 30.3 Å². The number of nitrogens with one attached hydrogen (secondary N) is 1. The Balaban J connectivity index is 1.74. The van der Waals surface area contributed by atoms with Crippen LogP contribution in [0, 0.1) is 6.92 Å². The van der Waals surface area contributed by atoms with E-state index in [1.54, 1.807) is 6.07 Å². The molecule has 0 amide bonds. The summed E-state index contributed by atoms with van der Waals surface area (Å²) in [5.74, 6) is 0.325. The van der Waals surface area contributed by atoms with Crippen LogP contribution in [-0.2, 0) is 6.18 Å². The van der Waals surface area contributed by atoms with E-state index in [1.165, 1.54) is 18.2 Å². The molecule has 0 atom stereocenters. The number of aromatic hydroxyl groups is 1. The van der Waals surface area contributed by atoms with E-state index < -0.39 is 17.5 Å². The first-order chi connectivity index (χ1) is 13.3. The summed E-state index contributed by atoms with van der Waals surface area (Å²) in [5, 5.41) is 9.43. The van der Waals surface area contributed by atoms with Crippen molar-refractivity contribution in [2.24, 2.45) is 0 Å². The zero-order valence-electron chi connectivity index (χ0n) is 14.7. The van der Waals surface area contributed by atoms with Gasteiger partial charge in [0.1, 0.15) is 11.5 Å². The van der Waals surface area contributed by atoms with E-state index in [-0.39, 0.29) is 11.3 Å². The van der Waals surface area contributed by atoms with Gasteiger partial charge in [-0.25, -0.2) is 4.98 Å². The third-order valence-electron chi connectivity index (χ3n) is 4.35. The molecular formula is C21H15F3N2O2. The van der Waals surface area contributed by atoms with Crippen molar-refractivity contribution in [2.45, 2.75) is 13.1 Å². The van der Waals surface area contributed by atoms with Crippen molar-refractivity contribution >= 4 is 0 Å². The van der Waals surface area contributed by atoms with Crippen molar-refractivity contribution in [3.8, 4) is 39.9 Å². The van der Waals surface area contributed by atoms with E-state index in [9.17, 15) is 18.3 Å². The maximum Gasteiger partial charge on any atom is 0.417 e. The lowest BCUT2D eigenvalue weighted by Gasteiger charge is -2.11. The first-order valence-corrected chi connectivity index (χ1v) is 8.46. The largest absolute Gasteiger partial charge is 0.508 e. The number of hydrogen-bond donors (Lipinski definition) is 2. The van der Waals surface area contributed by atoms with Gasteiger partial charge >= 0.3 is 6.18 Å². The normalized spacial score (nSPS) is 11.7. The van der Waals surface area contributed by atoms with Crippen LogP contribution >= 0.6 is 0 Å². The van der Waals surface area contributed by atoms with Crippen LogP contribution in [0.25, 0.3) is 34.2 Å². The van der Waals surface area contributed by atoms with E-state index in [1.807, 2.05) is 37.3 Å². The molecule has 0 saturated carbocycles. The van der Waals surface area contributed by atoms with Gasteiger partial charge < -0.3 is 14.5 Å². The highest BCUT2D eigenvalue weighted by Crippen LogP contribution is 2.40. The maximum atomic E-state index is 13.3. The predicted octanol–water partition coefficient (Wildman–Crippen LogP) is 6.04. The molecule has 0 aliphatic rings. The fraction of sp³-hybridized carbons (Fsp3) is 0.0952. The molecule has 7 heteroatoms. The number of aromatic amines is 1. The van der Waals surface area contributed by atoms with Gasteiger partial charge in [0.15, 0.2) is 11.6 Å². The molecule has 0 bridgehead atoms. The summed E-state index contributed by atoms with van der Waals surface area (Å²) in [7, 11) is 0. The van der Waals surface area contributed by atoms with Crippen molar-refractivity contribution in [1.82, 2.24) is 9.97 Å². The smallest absolute Gasteiger partial charge is 0.417 e. The summed E-state index contributed by atoms with van der Waals surface area (Å²) < 4.78 is 45.6. The Morgan fingerprint density at radius 2 is 1.68 bits per heavy atom. The number of benzene rings is 2. The number of alkyl halides is 3.